The van der Waals surface area contributed by atoms with Gasteiger partial charge in [0.2, 0.25) is 10.0 Å². The van der Waals surface area contributed by atoms with E-state index in [2.05, 4.69) is 5.32 Å². The van der Waals surface area contributed by atoms with E-state index < -0.39 is 10.0 Å². The molecule has 124 valence electrons. The van der Waals surface area contributed by atoms with Gasteiger partial charge in [0.15, 0.2) is 0 Å². The van der Waals surface area contributed by atoms with E-state index in [-0.39, 0.29) is 12.1 Å². The first-order valence-electron chi connectivity index (χ1n) is 7.27. The molecule has 1 unspecified atom stereocenters. The van der Waals surface area contributed by atoms with Gasteiger partial charge in [-0.1, -0.05) is 0 Å². The number of carbonyl (C=O) groups is 1. The van der Waals surface area contributed by atoms with Crippen molar-refractivity contribution < 1.29 is 17.6 Å². The molecule has 0 bridgehead atoms. The lowest BCUT2D eigenvalue weighted by Crippen LogP contribution is -2.51. The van der Waals surface area contributed by atoms with Crippen LogP contribution in [0.1, 0.15) is 24.2 Å². The molecule has 1 saturated heterocycles. The average molecular weight is 329 g/mol. The van der Waals surface area contributed by atoms with Crippen molar-refractivity contribution >= 4 is 16.1 Å². The first-order valence-corrected chi connectivity index (χ1v) is 9.12. The fraction of sp³-hybridized carbons (Fsp3) is 0.643. The number of nitrogens with one attached hydrogen (secondary N) is 1. The average Bonchev–Trinajstić information content (AvgIpc) is 2.83. The van der Waals surface area contributed by atoms with Crippen molar-refractivity contribution in [3.05, 3.63) is 23.7 Å². The third-order valence-electron chi connectivity index (χ3n) is 3.90. The van der Waals surface area contributed by atoms with Crippen LogP contribution in [0.3, 0.4) is 0 Å². The van der Waals surface area contributed by atoms with E-state index in [4.69, 9.17) is 4.42 Å². The van der Waals surface area contributed by atoms with Gasteiger partial charge in [-0.2, -0.15) is 0 Å². The minimum absolute atomic E-state index is 0.149. The largest absolute Gasteiger partial charge is 0.469 e. The van der Waals surface area contributed by atoms with Crippen LogP contribution < -0.4 is 5.32 Å². The number of amides is 2. The van der Waals surface area contributed by atoms with Crippen LogP contribution in [0, 0.1) is 6.92 Å². The molecule has 8 heteroatoms. The highest BCUT2D eigenvalue weighted by Crippen LogP contribution is 2.14. The molecule has 1 aliphatic rings. The van der Waals surface area contributed by atoms with Gasteiger partial charge in [-0.3, -0.25) is 0 Å². The molecule has 1 fully saturated rings. The smallest absolute Gasteiger partial charge is 0.317 e. The van der Waals surface area contributed by atoms with Crippen LogP contribution in [0.5, 0.6) is 0 Å². The van der Waals surface area contributed by atoms with E-state index in [1.54, 1.807) is 18.2 Å². The highest BCUT2D eigenvalue weighted by atomic mass is 32.2. The zero-order valence-corrected chi connectivity index (χ0v) is 14.0. The second-order valence-electron chi connectivity index (χ2n) is 5.77. The topological polar surface area (TPSA) is 82.9 Å². The van der Waals surface area contributed by atoms with Gasteiger partial charge in [0.25, 0.3) is 0 Å². The van der Waals surface area contributed by atoms with Crippen LogP contribution in [0.4, 0.5) is 4.79 Å². The van der Waals surface area contributed by atoms with Crippen molar-refractivity contribution in [2.75, 3.05) is 26.4 Å². The standard InChI is InChI=1S/C14H23N3O4S/c1-11-12(6-8-21-11)9-16(2)14(18)15-13-5-4-7-17(10-13)22(3,19)20/h6,8,13H,4-5,7,9-10H2,1-3H3,(H,15,18). The predicted molar refractivity (Wildman–Crippen MR) is 82.9 cm³/mol. The van der Waals surface area contributed by atoms with Crippen molar-refractivity contribution in [3.63, 3.8) is 0 Å². The second-order valence-corrected chi connectivity index (χ2v) is 7.75. The summed E-state index contributed by atoms with van der Waals surface area (Å²) in [5.41, 5.74) is 0.957. The number of urea groups is 1. The highest BCUT2D eigenvalue weighted by molar-refractivity contribution is 7.88. The number of piperidine rings is 1. The monoisotopic (exact) mass is 329 g/mol. The van der Waals surface area contributed by atoms with E-state index >= 15 is 0 Å². The fourth-order valence-electron chi connectivity index (χ4n) is 2.55. The van der Waals surface area contributed by atoms with E-state index in [0.717, 1.165) is 24.2 Å². The zero-order valence-electron chi connectivity index (χ0n) is 13.2. The molecule has 0 saturated carbocycles. The summed E-state index contributed by atoms with van der Waals surface area (Å²) in [4.78, 5) is 13.8. The van der Waals surface area contributed by atoms with Gasteiger partial charge in [-0.15, -0.1) is 0 Å². The van der Waals surface area contributed by atoms with Crippen LogP contribution in [0.15, 0.2) is 16.7 Å². The fourth-order valence-corrected chi connectivity index (χ4v) is 3.46. The van der Waals surface area contributed by atoms with Gasteiger partial charge in [0.05, 0.1) is 19.1 Å². The summed E-state index contributed by atoms with van der Waals surface area (Å²) in [6.07, 6.45) is 4.34. The second kappa shape index (κ2) is 6.70. The lowest BCUT2D eigenvalue weighted by Gasteiger charge is -2.32. The molecule has 0 spiro atoms. The molecule has 2 rings (SSSR count). The Bertz CT molecular complexity index is 626. The van der Waals surface area contributed by atoms with Crippen LogP contribution in [0.25, 0.3) is 0 Å². The molecular formula is C14H23N3O4S. The lowest BCUT2D eigenvalue weighted by molar-refractivity contribution is 0.194. The Morgan fingerprint density at radius 3 is 2.86 bits per heavy atom. The van der Waals surface area contributed by atoms with E-state index in [0.29, 0.717) is 19.6 Å². The molecule has 1 aromatic rings. The number of rotatable bonds is 4. The van der Waals surface area contributed by atoms with Crippen molar-refractivity contribution in [1.82, 2.24) is 14.5 Å². The molecule has 0 aliphatic carbocycles. The Labute approximate surface area is 131 Å². The van der Waals surface area contributed by atoms with Gasteiger partial charge in [0, 0.05) is 31.7 Å². The summed E-state index contributed by atoms with van der Waals surface area (Å²) >= 11 is 0. The minimum Gasteiger partial charge on any atom is -0.469 e. The van der Waals surface area contributed by atoms with Crippen LogP contribution in [0.2, 0.25) is 0 Å². The summed E-state index contributed by atoms with van der Waals surface area (Å²) < 4.78 is 29.8. The third kappa shape index (κ3) is 4.23. The Morgan fingerprint density at radius 1 is 1.55 bits per heavy atom. The summed E-state index contributed by atoms with van der Waals surface area (Å²) in [6.45, 7) is 3.17. The number of sulfonamides is 1. The maximum Gasteiger partial charge on any atom is 0.317 e. The molecule has 22 heavy (non-hydrogen) atoms. The van der Waals surface area contributed by atoms with E-state index in [1.807, 2.05) is 13.0 Å². The number of furan rings is 1. The number of hydrogen-bond acceptors (Lipinski definition) is 4. The molecule has 1 N–H and O–H groups in total. The summed E-state index contributed by atoms with van der Waals surface area (Å²) in [5, 5.41) is 2.90. The van der Waals surface area contributed by atoms with Crippen molar-refractivity contribution in [1.29, 1.82) is 0 Å². The van der Waals surface area contributed by atoms with Gasteiger partial charge < -0.3 is 14.6 Å². The summed E-state index contributed by atoms with van der Waals surface area (Å²) in [6, 6.07) is 1.48. The van der Waals surface area contributed by atoms with Crippen molar-refractivity contribution in [2.24, 2.45) is 0 Å². The maximum absolute atomic E-state index is 12.2. The number of hydrogen-bond donors (Lipinski definition) is 1. The Kier molecular flexibility index (Phi) is 5.12. The lowest BCUT2D eigenvalue weighted by atomic mass is 10.1. The Hall–Kier alpha value is -1.54. The van der Waals surface area contributed by atoms with Gasteiger partial charge in [-0.25, -0.2) is 17.5 Å². The molecule has 1 aliphatic heterocycles. The van der Waals surface area contributed by atoms with E-state index in [1.165, 1.54) is 10.6 Å². The number of aryl methyl sites for hydroxylation is 1. The number of nitrogens with zero attached hydrogens (tertiary/aromatic N) is 2. The highest BCUT2D eigenvalue weighted by Gasteiger charge is 2.27. The van der Waals surface area contributed by atoms with Gasteiger partial charge in [-0.05, 0) is 25.8 Å². The SMILES string of the molecule is Cc1occc1CN(C)C(=O)NC1CCCN(S(C)(=O)=O)C1. The van der Waals surface area contributed by atoms with Crippen LogP contribution >= 0.6 is 0 Å². The molecule has 2 amide bonds. The Balaban J connectivity index is 1.89. The molecule has 2 heterocycles. The maximum atomic E-state index is 12.2. The van der Waals surface area contributed by atoms with Crippen LogP contribution in [-0.4, -0.2) is 56.1 Å². The van der Waals surface area contributed by atoms with Gasteiger partial charge >= 0.3 is 6.03 Å². The molecule has 1 aromatic heterocycles. The Morgan fingerprint density at radius 2 is 2.27 bits per heavy atom. The van der Waals surface area contributed by atoms with Crippen molar-refractivity contribution in [3.8, 4) is 0 Å². The van der Waals surface area contributed by atoms with Crippen LogP contribution in [-0.2, 0) is 16.6 Å². The molecule has 1 atom stereocenters. The summed E-state index contributed by atoms with van der Waals surface area (Å²) in [7, 11) is -1.50. The van der Waals surface area contributed by atoms with Crippen molar-refractivity contribution in [2.45, 2.75) is 32.4 Å². The quantitative estimate of drug-likeness (QED) is 0.898. The first-order chi connectivity index (χ1) is 10.3. The summed E-state index contributed by atoms with van der Waals surface area (Å²) in [5.74, 6) is 0.792. The number of carbonyl (C=O) groups excluding carboxylic acids is 1. The molecule has 7 nitrogen and oxygen atoms in total. The first kappa shape index (κ1) is 16.8. The van der Waals surface area contributed by atoms with Gasteiger partial charge in [0.1, 0.15) is 5.76 Å². The van der Waals surface area contributed by atoms with E-state index in [9.17, 15) is 13.2 Å². The normalized spacial score (nSPS) is 19.9. The molecule has 0 radical (unpaired) electrons. The minimum atomic E-state index is -3.21. The predicted octanol–water partition coefficient (Wildman–Crippen LogP) is 1.15. The zero-order chi connectivity index (χ0) is 16.3. The third-order valence-corrected chi connectivity index (χ3v) is 5.17. The molecular weight excluding hydrogens is 306 g/mol. The molecule has 0 aromatic carbocycles.